The van der Waals surface area contributed by atoms with Crippen LogP contribution < -0.4 is 5.32 Å². The lowest BCUT2D eigenvalue weighted by molar-refractivity contribution is 0.0263. The molecule has 0 unspecified atom stereocenters. The summed E-state index contributed by atoms with van der Waals surface area (Å²) in [6.07, 6.45) is 2.57. The van der Waals surface area contributed by atoms with Crippen LogP contribution in [-0.2, 0) is 11.3 Å². The smallest absolute Gasteiger partial charge is 0.193 e. The molecule has 0 saturated carbocycles. The minimum absolute atomic E-state index is 0.415. The fourth-order valence-corrected chi connectivity index (χ4v) is 3.17. The Morgan fingerprint density at radius 1 is 1.55 bits per heavy atom. The summed E-state index contributed by atoms with van der Waals surface area (Å²) in [6.45, 7) is 7.73. The highest BCUT2D eigenvalue weighted by Crippen LogP contribution is 2.15. The number of nitrogens with one attached hydrogen (secondary N) is 1. The normalized spacial score (nSPS) is 17.6. The largest absolute Gasteiger partial charge is 0.378 e. The Morgan fingerprint density at radius 2 is 2.30 bits per heavy atom. The zero-order valence-corrected chi connectivity index (χ0v) is 13.4. The molecule has 112 valence electrons. The van der Waals surface area contributed by atoms with Crippen molar-refractivity contribution in [1.29, 1.82) is 0 Å². The number of hydrogen-bond acceptors (Lipinski definition) is 4. The lowest BCUT2D eigenvalue weighted by Crippen LogP contribution is -2.46. The molecule has 1 aliphatic heterocycles. The molecule has 0 aromatic carbocycles. The fourth-order valence-electron chi connectivity index (χ4n) is 2.46. The highest BCUT2D eigenvalue weighted by Gasteiger charge is 2.21. The summed E-state index contributed by atoms with van der Waals surface area (Å²) in [5, 5.41) is 3.43. The van der Waals surface area contributed by atoms with Crippen LogP contribution in [0, 0.1) is 6.92 Å². The second-order valence-corrected chi connectivity index (χ2v) is 5.84. The molecule has 1 saturated heterocycles. The Bertz CT molecular complexity index is 438. The number of aryl methyl sites for hydroxylation is 1. The molecule has 1 aromatic heterocycles. The fraction of sp³-hybridized carbons (Fsp3) is 0.714. The maximum absolute atomic E-state index is 5.69. The van der Waals surface area contributed by atoms with Crippen LogP contribution in [0.25, 0.3) is 0 Å². The lowest BCUT2D eigenvalue weighted by Gasteiger charge is -2.34. The number of nitrogens with zero attached hydrogens (tertiary/aromatic N) is 3. The molecule has 20 heavy (non-hydrogen) atoms. The van der Waals surface area contributed by atoms with Gasteiger partial charge >= 0.3 is 0 Å². The van der Waals surface area contributed by atoms with Gasteiger partial charge in [0.25, 0.3) is 0 Å². The average molecular weight is 296 g/mol. The molecule has 2 heterocycles. The Labute approximate surface area is 125 Å². The van der Waals surface area contributed by atoms with Gasteiger partial charge in [-0.1, -0.05) is 0 Å². The zero-order valence-electron chi connectivity index (χ0n) is 12.6. The van der Waals surface area contributed by atoms with E-state index in [1.807, 2.05) is 19.5 Å². The summed E-state index contributed by atoms with van der Waals surface area (Å²) in [5.74, 6) is 0.979. The van der Waals surface area contributed by atoms with Gasteiger partial charge in [-0.25, -0.2) is 4.98 Å². The highest BCUT2D eigenvalue weighted by molar-refractivity contribution is 7.09. The van der Waals surface area contributed by atoms with Crippen LogP contribution >= 0.6 is 11.3 Å². The molecule has 1 aromatic rings. The summed E-state index contributed by atoms with van der Waals surface area (Å²) in [6, 6.07) is 0. The van der Waals surface area contributed by atoms with Crippen LogP contribution in [0.3, 0.4) is 0 Å². The number of hydrogen-bond donors (Lipinski definition) is 1. The predicted molar refractivity (Wildman–Crippen MR) is 83.3 cm³/mol. The lowest BCUT2D eigenvalue weighted by atomic mass is 10.1. The molecule has 5 nitrogen and oxygen atoms in total. The summed E-state index contributed by atoms with van der Waals surface area (Å²) in [5.41, 5.74) is 3.00. The molecular formula is C14H24N4OS. The van der Waals surface area contributed by atoms with E-state index in [9.17, 15) is 0 Å². The third-order valence-electron chi connectivity index (χ3n) is 3.61. The number of thiazole rings is 1. The molecule has 1 aliphatic rings. The summed E-state index contributed by atoms with van der Waals surface area (Å²) in [4.78, 5) is 12.2. The molecule has 2 rings (SSSR count). The first-order valence-corrected chi connectivity index (χ1v) is 8.08. The van der Waals surface area contributed by atoms with Gasteiger partial charge in [-0.05, 0) is 26.7 Å². The Kier molecular flexibility index (Phi) is 5.79. The maximum atomic E-state index is 5.69. The minimum Gasteiger partial charge on any atom is -0.378 e. The molecular weight excluding hydrogens is 272 g/mol. The van der Waals surface area contributed by atoms with E-state index >= 15 is 0 Å². The Balaban J connectivity index is 1.83. The highest BCUT2D eigenvalue weighted by atomic mass is 32.1. The molecule has 0 radical (unpaired) electrons. The van der Waals surface area contributed by atoms with E-state index in [0.717, 1.165) is 50.7 Å². The van der Waals surface area contributed by atoms with Gasteiger partial charge in [0.2, 0.25) is 0 Å². The van der Waals surface area contributed by atoms with Crippen molar-refractivity contribution >= 4 is 17.3 Å². The van der Waals surface area contributed by atoms with Gasteiger partial charge in [-0.15, -0.1) is 11.3 Å². The first-order chi connectivity index (χ1) is 9.74. The number of ether oxygens (including phenoxy) is 1. The average Bonchev–Trinajstić information content (AvgIpc) is 2.87. The van der Waals surface area contributed by atoms with Crippen molar-refractivity contribution < 1.29 is 4.74 Å². The number of aromatic nitrogens is 1. The molecule has 0 amide bonds. The van der Waals surface area contributed by atoms with Crippen LogP contribution in [0.5, 0.6) is 0 Å². The van der Waals surface area contributed by atoms with E-state index in [0.29, 0.717) is 6.10 Å². The van der Waals surface area contributed by atoms with Crippen LogP contribution in [0.2, 0.25) is 0 Å². The van der Waals surface area contributed by atoms with Crippen LogP contribution in [0.4, 0.5) is 0 Å². The summed E-state index contributed by atoms with van der Waals surface area (Å²) in [7, 11) is 1.84. The number of aliphatic imine (C=N–C) groups is 1. The Hall–Kier alpha value is -1.14. The van der Waals surface area contributed by atoms with Gasteiger partial charge in [-0.2, -0.15) is 0 Å². The molecule has 0 atom stereocenters. The Morgan fingerprint density at radius 3 is 2.85 bits per heavy atom. The van der Waals surface area contributed by atoms with Crippen molar-refractivity contribution in [1.82, 2.24) is 15.2 Å². The van der Waals surface area contributed by atoms with Crippen molar-refractivity contribution in [2.75, 3.05) is 26.7 Å². The number of guanidine groups is 1. The van der Waals surface area contributed by atoms with E-state index in [1.165, 1.54) is 4.88 Å². The van der Waals surface area contributed by atoms with Crippen LogP contribution in [-0.4, -0.2) is 48.7 Å². The van der Waals surface area contributed by atoms with Gasteiger partial charge in [0, 0.05) is 31.6 Å². The van der Waals surface area contributed by atoms with E-state index in [-0.39, 0.29) is 0 Å². The van der Waals surface area contributed by atoms with Crippen molar-refractivity contribution in [3.05, 3.63) is 16.1 Å². The first-order valence-electron chi connectivity index (χ1n) is 7.20. The van der Waals surface area contributed by atoms with E-state index in [4.69, 9.17) is 4.74 Å². The zero-order chi connectivity index (χ0) is 14.4. The quantitative estimate of drug-likeness (QED) is 0.682. The van der Waals surface area contributed by atoms with Gasteiger partial charge in [-0.3, -0.25) is 4.99 Å². The van der Waals surface area contributed by atoms with Crippen molar-refractivity contribution in [2.45, 2.75) is 39.3 Å². The second-order valence-electron chi connectivity index (χ2n) is 4.90. The predicted octanol–water partition coefficient (Wildman–Crippen LogP) is 2.03. The maximum Gasteiger partial charge on any atom is 0.193 e. The van der Waals surface area contributed by atoms with Crippen molar-refractivity contribution in [3.8, 4) is 0 Å². The third kappa shape index (κ3) is 3.93. The van der Waals surface area contributed by atoms with E-state index in [2.05, 4.69) is 27.1 Å². The van der Waals surface area contributed by atoms with Crippen LogP contribution in [0.15, 0.2) is 10.5 Å². The van der Waals surface area contributed by atoms with Crippen LogP contribution in [0.1, 0.15) is 30.3 Å². The number of rotatable bonds is 4. The molecule has 0 bridgehead atoms. The molecule has 1 N–H and O–H groups in total. The summed E-state index contributed by atoms with van der Waals surface area (Å²) < 4.78 is 5.69. The minimum atomic E-state index is 0.415. The van der Waals surface area contributed by atoms with Crippen molar-refractivity contribution in [3.63, 3.8) is 0 Å². The van der Waals surface area contributed by atoms with Gasteiger partial charge in [0.05, 0.1) is 23.9 Å². The van der Waals surface area contributed by atoms with Crippen molar-refractivity contribution in [2.24, 2.45) is 4.99 Å². The molecule has 0 spiro atoms. The molecule has 6 heteroatoms. The first kappa shape index (κ1) is 15.3. The number of likely N-dealkylation sites (tertiary alicyclic amines) is 1. The SMILES string of the molecule is CCOC1CCN(C(=NC)NCc2scnc2C)CC1. The standard InChI is InChI=1S/C14H24N4OS/c1-4-19-12-5-7-18(8-6-12)14(15-3)16-9-13-11(2)17-10-20-13/h10,12H,4-9H2,1-3H3,(H,15,16). The topological polar surface area (TPSA) is 49.8 Å². The molecule has 1 fully saturated rings. The number of piperidine rings is 1. The van der Waals surface area contributed by atoms with E-state index < -0.39 is 0 Å². The van der Waals surface area contributed by atoms with E-state index in [1.54, 1.807) is 11.3 Å². The monoisotopic (exact) mass is 296 g/mol. The van der Waals surface area contributed by atoms with Gasteiger partial charge < -0.3 is 15.0 Å². The summed E-state index contributed by atoms with van der Waals surface area (Å²) >= 11 is 1.69. The second kappa shape index (κ2) is 7.59. The van der Waals surface area contributed by atoms with Gasteiger partial charge in [0.15, 0.2) is 5.96 Å². The third-order valence-corrected chi connectivity index (χ3v) is 4.54. The molecule has 0 aliphatic carbocycles. The van der Waals surface area contributed by atoms with Gasteiger partial charge in [0.1, 0.15) is 0 Å².